The molecule has 0 radical (unpaired) electrons. The Kier molecular flexibility index (Phi) is 5.99. The Morgan fingerprint density at radius 1 is 1.12 bits per heavy atom. The summed E-state index contributed by atoms with van der Waals surface area (Å²) in [6.45, 7) is 9.12. The van der Waals surface area contributed by atoms with E-state index in [4.69, 9.17) is 0 Å². The molecule has 0 aromatic rings. The first-order chi connectivity index (χ1) is 8.00. The van der Waals surface area contributed by atoms with Crippen LogP contribution < -0.4 is 0 Å². The molecule has 1 aliphatic carbocycles. The minimum Gasteiger partial charge on any atom is -0.393 e. The van der Waals surface area contributed by atoms with Gasteiger partial charge in [-0.1, -0.05) is 53.4 Å². The van der Waals surface area contributed by atoms with Crippen LogP contribution in [0.4, 0.5) is 0 Å². The fraction of sp³-hybridized carbons (Fsp3) is 1.00. The van der Waals surface area contributed by atoms with Gasteiger partial charge >= 0.3 is 0 Å². The minimum atomic E-state index is -0.0612. The van der Waals surface area contributed by atoms with Gasteiger partial charge in [0.25, 0.3) is 0 Å². The van der Waals surface area contributed by atoms with Crippen LogP contribution in [0, 0.1) is 17.3 Å². The van der Waals surface area contributed by atoms with Crippen molar-refractivity contribution in [2.24, 2.45) is 17.3 Å². The van der Waals surface area contributed by atoms with E-state index in [1.165, 1.54) is 44.9 Å². The van der Waals surface area contributed by atoms with Crippen LogP contribution in [-0.2, 0) is 0 Å². The molecule has 2 unspecified atom stereocenters. The summed E-state index contributed by atoms with van der Waals surface area (Å²) < 4.78 is 0. The predicted octanol–water partition coefficient (Wildman–Crippen LogP) is 4.78. The maximum Gasteiger partial charge on any atom is 0.0599 e. The van der Waals surface area contributed by atoms with Gasteiger partial charge in [0.1, 0.15) is 0 Å². The highest BCUT2D eigenvalue weighted by atomic mass is 16.3. The summed E-state index contributed by atoms with van der Waals surface area (Å²) >= 11 is 0. The van der Waals surface area contributed by atoms with E-state index in [9.17, 15) is 5.11 Å². The van der Waals surface area contributed by atoms with Gasteiger partial charge in [-0.15, -0.1) is 0 Å². The van der Waals surface area contributed by atoms with Crippen molar-refractivity contribution in [1.29, 1.82) is 0 Å². The van der Waals surface area contributed by atoms with Gasteiger partial charge in [0, 0.05) is 0 Å². The van der Waals surface area contributed by atoms with Crippen molar-refractivity contribution in [3.05, 3.63) is 0 Å². The molecule has 0 saturated heterocycles. The van der Waals surface area contributed by atoms with E-state index >= 15 is 0 Å². The summed E-state index contributed by atoms with van der Waals surface area (Å²) in [6, 6.07) is 0. The van der Waals surface area contributed by atoms with Crippen LogP contribution in [0.15, 0.2) is 0 Å². The van der Waals surface area contributed by atoms with Crippen molar-refractivity contribution in [2.45, 2.75) is 85.2 Å². The van der Waals surface area contributed by atoms with Crippen molar-refractivity contribution in [3.63, 3.8) is 0 Å². The Labute approximate surface area is 108 Å². The molecule has 0 spiro atoms. The Morgan fingerprint density at radius 3 is 2.18 bits per heavy atom. The molecule has 0 amide bonds. The predicted molar refractivity (Wildman–Crippen MR) is 75.1 cm³/mol. The normalized spacial score (nSPS) is 22.9. The largest absolute Gasteiger partial charge is 0.393 e. The molecule has 17 heavy (non-hydrogen) atoms. The quantitative estimate of drug-likeness (QED) is 0.679. The van der Waals surface area contributed by atoms with E-state index in [0.29, 0.717) is 11.8 Å². The fourth-order valence-corrected chi connectivity index (χ4v) is 3.81. The summed E-state index contributed by atoms with van der Waals surface area (Å²) in [7, 11) is 0. The van der Waals surface area contributed by atoms with Gasteiger partial charge in [0.15, 0.2) is 0 Å². The summed E-state index contributed by atoms with van der Waals surface area (Å²) in [4.78, 5) is 0. The molecule has 1 rings (SSSR count). The second-order valence-electron chi connectivity index (χ2n) is 6.81. The second kappa shape index (κ2) is 6.78. The monoisotopic (exact) mass is 240 g/mol. The Hall–Kier alpha value is -0.0400. The van der Waals surface area contributed by atoms with Gasteiger partial charge in [0.2, 0.25) is 0 Å². The van der Waals surface area contributed by atoms with Crippen LogP contribution in [0.3, 0.4) is 0 Å². The van der Waals surface area contributed by atoms with Crippen LogP contribution in [0.2, 0.25) is 0 Å². The minimum absolute atomic E-state index is 0.0612. The van der Waals surface area contributed by atoms with Crippen LogP contribution in [0.25, 0.3) is 0 Å². The number of aliphatic hydroxyl groups is 1. The molecule has 0 bridgehead atoms. The highest BCUT2D eigenvalue weighted by Crippen LogP contribution is 2.47. The Bertz CT molecular complexity index is 204. The molecule has 1 nitrogen and oxygen atoms in total. The smallest absolute Gasteiger partial charge is 0.0599 e. The van der Waals surface area contributed by atoms with Crippen LogP contribution >= 0.6 is 0 Å². The topological polar surface area (TPSA) is 20.2 Å². The number of hydrogen-bond acceptors (Lipinski definition) is 1. The van der Waals surface area contributed by atoms with Crippen LogP contribution in [-0.4, -0.2) is 11.2 Å². The SMILES string of the molecule is CCCC(C)CC(O)C1(CC(C)C)CCCC1. The first kappa shape index (κ1) is 15.0. The zero-order valence-electron chi connectivity index (χ0n) is 12.3. The lowest BCUT2D eigenvalue weighted by Crippen LogP contribution is -2.35. The van der Waals surface area contributed by atoms with E-state index in [0.717, 1.165) is 6.42 Å². The summed E-state index contributed by atoms with van der Waals surface area (Å²) in [5.74, 6) is 1.39. The fourth-order valence-electron chi connectivity index (χ4n) is 3.81. The summed E-state index contributed by atoms with van der Waals surface area (Å²) in [5, 5.41) is 10.6. The molecule has 2 atom stereocenters. The molecular formula is C16H32O. The third-order valence-electron chi connectivity index (χ3n) is 4.53. The molecule has 0 aromatic carbocycles. The van der Waals surface area contributed by atoms with E-state index in [1.54, 1.807) is 0 Å². The zero-order valence-corrected chi connectivity index (χ0v) is 12.3. The first-order valence-electron chi connectivity index (χ1n) is 7.68. The molecular weight excluding hydrogens is 208 g/mol. The molecule has 1 heteroatoms. The first-order valence-corrected chi connectivity index (χ1v) is 7.68. The molecule has 1 saturated carbocycles. The molecule has 0 aromatic heterocycles. The Balaban J connectivity index is 2.57. The van der Waals surface area contributed by atoms with Gasteiger partial charge in [-0.25, -0.2) is 0 Å². The molecule has 0 aliphatic heterocycles. The number of rotatable bonds is 7. The van der Waals surface area contributed by atoms with Crippen molar-refractivity contribution in [3.8, 4) is 0 Å². The summed E-state index contributed by atoms with van der Waals surface area (Å²) in [5.41, 5.74) is 0.260. The van der Waals surface area contributed by atoms with Gasteiger partial charge in [-0.3, -0.25) is 0 Å². The highest BCUT2D eigenvalue weighted by molar-refractivity contribution is 4.92. The third kappa shape index (κ3) is 4.28. The van der Waals surface area contributed by atoms with E-state index in [2.05, 4.69) is 27.7 Å². The summed E-state index contributed by atoms with van der Waals surface area (Å²) in [6.07, 6.45) is 9.83. The van der Waals surface area contributed by atoms with Gasteiger partial charge in [0.05, 0.1) is 6.10 Å². The van der Waals surface area contributed by atoms with Gasteiger partial charge in [-0.05, 0) is 42.9 Å². The molecule has 102 valence electrons. The molecule has 1 aliphatic rings. The zero-order chi connectivity index (χ0) is 12.9. The van der Waals surface area contributed by atoms with Gasteiger partial charge < -0.3 is 5.11 Å². The highest BCUT2D eigenvalue weighted by Gasteiger charge is 2.40. The molecule has 1 N–H and O–H groups in total. The number of aliphatic hydroxyl groups excluding tert-OH is 1. The van der Waals surface area contributed by atoms with Crippen LogP contribution in [0.1, 0.15) is 79.1 Å². The van der Waals surface area contributed by atoms with E-state index < -0.39 is 0 Å². The van der Waals surface area contributed by atoms with E-state index in [-0.39, 0.29) is 11.5 Å². The van der Waals surface area contributed by atoms with Crippen molar-refractivity contribution >= 4 is 0 Å². The molecule has 0 heterocycles. The van der Waals surface area contributed by atoms with Crippen molar-refractivity contribution < 1.29 is 5.11 Å². The molecule has 1 fully saturated rings. The maximum atomic E-state index is 10.6. The van der Waals surface area contributed by atoms with Crippen molar-refractivity contribution in [1.82, 2.24) is 0 Å². The van der Waals surface area contributed by atoms with Crippen molar-refractivity contribution in [2.75, 3.05) is 0 Å². The van der Waals surface area contributed by atoms with E-state index in [1.807, 2.05) is 0 Å². The average Bonchev–Trinajstić information content (AvgIpc) is 2.66. The lowest BCUT2D eigenvalue weighted by atomic mass is 9.71. The second-order valence-corrected chi connectivity index (χ2v) is 6.81. The third-order valence-corrected chi connectivity index (χ3v) is 4.53. The lowest BCUT2D eigenvalue weighted by Gasteiger charge is -2.37. The van der Waals surface area contributed by atoms with Gasteiger partial charge in [-0.2, -0.15) is 0 Å². The average molecular weight is 240 g/mol. The maximum absolute atomic E-state index is 10.6. The Morgan fingerprint density at radius 2 is 1.71 bits per heavy atom. The van der Waals surface area contributed by atoms with Crippen LogP contribution in [0.5, 0.6) is 0 Å². The lowest BCUT2D eigenvalue weighted by molar-refractivity contribution is -0.00312. The standard InChI is InChI=1S/C16H32O/c1-5-8-14(4)11-15(17)16(12-13(2)3)9-6-7-10-16/h13-15,17H,5-12H2,1-4H3. The number of hydrogen-bond donors (Lipinski definition) is 1.